The predicted molar refractivity (Wildman–Crippen MR) is 130 cm³/mol. The highest BCUT2D eigenvalue weighted by atomic mass is 19.4. The molecule has 2 atom stereocenters. The Labute approximate surface area is 229 Å². The largest absolute Gasteiger partial charge is 0.489 e. The maximum atomic E-state index is 13.5. The lowest BCUT2D eigenvalue weighted by atomic mass is 9.73. The molecule has 2 N–H and O–H groups in total. The second-order valence-corrected chi connectivity index (χ2v) is 9.61. The van der Waals surface area contributed by atoms with Gasteiger partial charge in [0.1, 0.15) is 17.8 Å². The Balaban J connectivity index is 1.59. The minimum atomic E-state index is -5.13. The molecule has 0 spiro atoms. The van der Waals surface area contributed by atoms with Gasteiger partial charge in [-0.05, 0) is 30.2 Å². The molecule has 0 aliphatic carbocycles. The lowest BCUT2D eigenvalue weighted by Crippen LogP contribution is -2.58. The number of alkyl halides is 6. The number of rotatable bonds is 7. The van der Waals surface area contributed by atoms with Gasteiger partial charge in [-0.15, -0.1) is 0 Å². The van der Waals surface area contributed by atoms with Crippen LogP contribution < -0.4 is 10.5 Å². The molecule has 3 amide bonds. The second-order valence-electron chi connectivity index (χ2n) is 9.61. The third-order valence-corrected chi connectivity index (χ3v) is 6.76. The van der Waals surface area contributed by atoms with Crippen molar-refractivity contribution in [1.82, 2.24) is 9.91 Å². The summed E-state index contributed by atoms with van der Waals surface area (Å²) in [5.41, 5.74) is 1.93. The summed E-state index contributed by atoms with van der Waals surface area (Å²) in [4.78, 5) is 39.5. The van der Waals surface area contributed by atoms with Crippen LogP contribution in [0.15, 0.2) is 53.6 Å². The van der Waals surface area contributed by atoms with Crippen molar-refractivity contribution in [3.8, 4) is 5.75 Å². The molecule has 2 aromatic carbocycles. The molecule has 41 heavy (non-hydrogen) atoms. The molecule has 0 unspecified atom stereocenters. The molecule has 0 bridgehead atoms. The van der Waals surface area contributed by atoms with Crippen molar-refractivity contribution in [3.05, 3.63) is 65.2 Å². The number of benzene rings is 2. The minimum absolute atomic E-state index is 0.0374. The maximum absolute atomic E-state index is 13.5. The fourth-order valence-electron chi connectivity index (χ4n) is 4.90. The minimum Gasteiger partial charge on any atom is -0.489 e. The number of fused-ring (bicyclic) bond motifs is 1. The molecule has 1 fully saturated rings. The number of hydrazone groups is 1. The highest BCUT2D eigenvalue weighted by Gasteiger charge is 2.54. The predicted octanol–water partition coefficient (Wildman–Crippen LogP) is 3.86. The second kappa shape index (κ2) is 10.9. The van der Waals surface area contributed by atoms with Crippen LogP contribution in [-0.4, -0.2) is 66.4 Å². The summed E-state index contributed by atoms with van der Waals surface area (Å²) in [6, 6.07) is 9.53. The quantitative estimate of drug-likeness (QED) is 0.495. The number of piperidine rings is 1. The average Bonchev–Trinajstić information content (AvgIpc) is 3.14. The Morgan fingerprint density at radius 2 is 1.66 bits per heavy atom. The van der Waals surface area contributed by atoms with Crippen LogP contribution in [-0.2, 0) is 33.1 Å². The number of carbonyl (C=O) groups excluding carboxylic acids is 3. The Hall–Kier alpha value is -4.30. The SMILES string of the molecule is CN1N=C2CCN(C(=O)[C@@H](COc3cc(C(F)(F)F)cc(C(F)(F)F)c3)OC(N)=O)C[C@@]2(Cc2ccccc2)C1=O. The zero-order chi connectivity index (χ0) is 30.2. The zero-order valence-corrected chi connectivity index (χ0v) is 21.5. The van der Waals surface area contributed by atoms with Gasteiger partial charge in [0.25, 0.3) is 11.8 Å². The molecule has 4 rings (SSSR count). The molecular weight excluding hydrogens is 562 g/mol. The van der Waals surface area contributed by atoms with Crippen molar-refractivity contribution in [3.63, 3.8) is 0 Å². The first-order valence-corrected chi connectivity index (χ1v) is 12.2. The van der Waals surface area contributed by atoms with Gasteiger partial charge in [-0.25, -0.2) is 9.80 Å². The van der Waals surface area contributed by atoms with Crippen molar-refractivity contribution in [2.45, 2.75) is 31.3 Å². The third kappa shape index (κ3) is 6.38. The van der Waals surface area contributed by atoms with E-state index in [9.17, 15) is 40.7 Å². The van der Waals surface area contributed by atoms with E-state index < -0.39 is 59.4 Å². The maximum Gasteiger partial charge on any atom is 0.416 e. The summed E-state index contributed by atoms with van der Waals surface area (Å²) in [5, 5.41) is 5.51. The van der Waals surface area contributed by atoms with Gasteiger partial charge in [0.15, 0.2) is 0 Å². The number of nitrogens with two attached hydrogens (primary N) is 1. The molecule has 1 saturated heterocycles. The van der Waals surface area contributed by atoms with Crippen LogP contribution in [0.3, 0.4) is 0 Å². The Bertz CT molecular complexity index is 1330. The van der Waals surface area contributed by atoms with Gasteiger partial charge in [0.05, 0.1) is 16.8 Å². The molecule has 15 heteroatoms. The summed E-state index contributed by atoms with van der Waals surface area (Å²) in [6.45, 7) is -1.09. The first kappa shape index (κ1) is 29.7. The van der Waals surface area contributed by atoms with Crippen molar-refractivity contribution in [1.29, 1.82) is 0 Å². The van der Waals surface area contributed by atoms with Crippen LogP contribution in [0.4, 0.5) is 31.1 Å². The summed E-state index contributed by atoms with van der Waals surface area (Å²) in [7, 11) is 1.48. The van der Waals surface area contributed by atoms with E-state index in [1.54, 1.807) is 30.3 Å². The van der Waals surface area contributed by atoms with Crippen molar-refractivity contribution in [2.75, 3.05) is 26.7 Å². The van der Waals surface area contributed by atoms with E-state index in [4.69, 9.17) is 15.2 Å². The molecule has 0 radical (unpaired) electrons. The Morgan fingerprint density at radius 1 is 1.05 bits per heavy atom. The number of nitrogens with zero attached hydrogens (tertiary/aromatic N) is 3. The third-order valence-electron chi connectivity index (χ3n) is 6.76. The zero-order valence-electron chi connectivity index (χ0n) is 21.5. The molecule has 2 heterocycles. The Kier molecular flexibility index (Phi) is 7.91. The molecule has 2 aliphatic rings. The number of ether oxygens (including phenoxy) is 2. The van der Waals surface area contributed by atoms with Gasteiger partial charge in [0, 0.05) is 26.6 Å². The number of carbonyl (C=O) groups is 3. The topological polar surface area (TPSA) is 115 Å². The first-order valence-electron chi connectivity index (χ1n) is 12.2. The van der Waals surface area contributed by atoms with Crippen molar-refractivity contribution >= 4 is 23.6 Å². The molecule has 0 saturated carbocycles. The number of likely N-dealkylation sites (tertiary alicyclic amines) is 1. The number of halogens is 6. The van der Waals surface area contributed by atoms with Crippen LogP contribution in [0.25, 0.3) is 0 Å². The van der Waals surface area contributed by atoms with E-state index in [1.807, 2.05) is 0 Å². The molecule has 9 nitrogen and oxygen atoms in total. The number of primary amides is 1. The summed E-state index contributed by atoms with van der Waals surface area (Å²) in [5.74, 6) is -2.14. The van der Waals surface area contributed by atoms with Gasteiger partial charge in [-0.1, -0.05) is 30.3 Å². The number of hydrogen-bond donors (Lipinski definition) is 1. The van der Waals surface area contributed by atoms with E-state index in [1.165, 1.54) is 17.0 Å². The fourth-order valence-corrected chi connectivity index (χ4v) is 4.90. The highest BCUT2D eigenvalue weighted by Crippen LogP contribution is 2.40. The molecule has 0 aromatic heterocycles. The van der Waals surface area contributed by atoms with Crippen LogP contribution in [0, 0.1) is 5.41 Å². The van der Waals surface area contributed by atoms with Crippen LogP contribution in [0.5, 0.6) is 5.75 Å². The number of hydrogen-bond acceptors (Lipinski definition) is 6. The van der Waals surface area contributed by atoms with Gasteiger partial charge < -0.3 is 20.1 Å². The van der Waals surface area contributed by atoms with E-state index in [-0.39, 0.29) is 37.9 Å². The summed E-state index contributed by atoms with van der Waals surface area (Å²) in [6.07, 6.45) is -13.1. The first-order chi connectivity index (χ1) is 19.1. The lowest BCUT2D eigenvalue weighted by molar-refractivity contribution is -0.147. The summed E-state index contributed by atoms with van der Waals surface area (Å²) < 4.78 is 89.3. The highest BCUT2D eigenvalue weighted by molar-refractivity contribution is 6.13. The normalized spacial score (nSPS) is 19.9. The van der Waals surface area contributed by atoms with Crippen molar-refractivity contribution in [2.24, 2.45) is 16.3 Å². The van der Waals surface area contributed by atoms with E-state index in [0.717, 1.165) is 5.56 Å². The van der Waals surface area contributed by atoms with Crippen LogP contribution >= 0.6 is 0 Å². The van der Waals surface area contributed by atoms with Crippen molar-refractivity contribution < 1.29 is 50.2 Å². The monoisotopic (exact) mass is 586 g/mol. The lowest BCUT2D eigenvalue weighted by Gasteiger charge is -2.40. The van der Waals surface area contributed by atoms with Crippen LogP contribution in [0.1, 0.15) is 23.1 Å². The van der Waals surface area contributed by atoms with E-state index in [2.05, 4.69) is 5.10 Å². The number of amides is 3. The Morgan fingerprint density at radius 3 is 2.22 bits per heavy atom. The molecule has 2 aliphatic heterocycles. The van der Waals surface area contributed by atoms with Gasteiger partial charge in [-0.3, -0.25) is 9.59 Å². The smallest absolute Gasteiger partial charge is 0.416 e. The summed E-state index contributed by atoms with van der Waals surface area (Å²) >= 11 is 0. The van der Waals surface area contributed by atoms with Gasteiger partial charge in [0.2, 0.25) is 6.10 Å². The standard InChI is InChI=1S/C26H24F6N4O5/c1-35-22(38)24(12-15-5-3-2-4-6-15)14-36(8-7-20(24)34-35)21(37)19(41-23(33)39)13-40-18-10-16(25(27,28)29)9-17(11-18)26(30,31)32/h2-6,9-11,19H,7-8,12-14H2,1H3,(H2,33,39)/t19-,24-/m1/s1. The van der Waals surface area contributed by atoms with E-state index >= 15 is 0 Å². The molecular formula is C26H24F6N4O5. The van der Waals surface area contributed by atoms with E-state index in [0.29, 0.717) is 17.8 Å². The van der Waals surface area contributed by atoms with Gasteiger partial charge >= 0.3 is 18.4 Å². The van der Waals surface area contributed by atoms with Crippen LogP contribution in [0.2, 0.25) is 0 Å². The fraction of sp³-hybridized carbons (Fsp3) is 0.385. The average molecular weight is 586 g/mol. The van der Waals surface area contributed by atoms with Gasteiger partial charge in [-0.2, -0.15) is 31.4 Å². The molecule has 2 aromatic rings. The molecule has 220 valence electrons.